The van der Waals surface area contributed by atoms with Crippen molar-refractivity contribution in [3.8, 4) is 0 Å². The minimum absolute atomic E-state index is 0.0140. The number of rotatable bonds is 1. The van der Waals surface area contributed by atoms with Gasteiger partial charge in [0.15, 0.2) is 11.3 Å². The molecule has 0 atom stereocenters. The Morgan fingerprint density at radius 3 is 2.94 bits per heavy atom. The van der Waals surface area contributed by atoms with Crippen LogP contribution in [0.5, 0.6) is 0 Å². The Bertz CT molecular complexity index is 535. The zero-order valence-electron chi connectivity index (χ0n) is 10.4. The Balaban J connectivity index is 1.83. The molecule has 4 heteroatoms. The van der Waals surface area contributed by atoms with Crippen molar-refractivity contribution in [2.45, 2.75) is 19.8 Å². The van der Waals surface area contributed by atoms with Gasteiger partial charge in [-0.25, -0.2) is 0 Å². The van der Waals surface area contributed by atoms with Crippen LogP contribution in [-0.2, 0) is 0 Å². The van der Waals surface area contributed by atoms with Crippen LogP contribution in [0.25, 0.3) is 11.1 Å². The summed E-state index contributed by atoms with van der Waals surface area (Å²) in [4.78, 5) is 18.3. The lowest BCUT2D eigenvalue weighted by Crippen LogP contribution is -2.37. The number of furan rings is 1. The average molecular weight is 244 g/mol. The number of aromatic nitrogens is 1. The van der Waals surface area contributed by atoms with E-state index in [1.165, 1.54) is 0 Å². The van der Waals surface area contributed by atoms with Crippen LogP contribution in [0.2, 0.25) is 0 Å². The highest BCUT2D eigenvalue weighted by atomic mass is 16.3. The molecular formula is C14H16N2O2. The van der Waals surface area contributed by atoms with Gasteiger partial charge in [0.05, 0.1) is 0 Å². The largest absolute Gasteiger partial charge is 0.449 e. The molecule has 0 bridgehead atoms. The van der Waals surface area contributed by atoms with E-state index in [0.29, 0.717) is 17.3 Å². The Labute approximate surface area is 106 Å². The van der Waals surface area contributed by atoms with Gasteiger partial charge >= 0.3 is 0 Å². The molecule has 1 fully saturated rings. The Hall–Kier alpha value is -1.84. The van der Waals surface area contributed by atoms with E-state index in [2.05, 4.69) is 11.9 Å². The van der Waals surface area contributed by atoms with Gasteiger partial charge in [0.2, 0.25) is 0 Å². The lowest BCUT2D eigenvalue weighted by molar-refractivity contribution is 0.0667. The van der Waals surface area contributed by atoms with Crippen LogP contribution >= 0.6 is 0 Å². The van der Waals surface area contributed by atoms with Crippen molar-refractivity contribution in [1.29, 1.82) is 0 Å². The van der Waals surface area contributed by atoms with E-state index in [-0.39, 0.29) is 5.91 Å². The van der Waals surface area contributed by atoms with Crippen molar-refractivity contribution in [2.75, 3.05) is 13.1 Å². The minimum Gasteiger partial charge on any atom is -0.449 e. The number of carbonyl (C=O) groups excluding carboxylic acids is 1. The quantitative estimate of drug-likeness (QED) is 0.774. The monoisotopic (exact) mass is 244 g/mol. The third kappa shape index (κ3) is 1.98. The van der Waals surface area contributed by atoms with Crippen molar-refractivity contribution in [2.24, 2.45) is 5.92 Å². The Morgan fingerprint density at radius 2 is 2.22 bits per heavy atom. The van der Waals surface area contributed by atoms with Crippen molar-refractivity contribution >= 4 is 17.0 Å². The molecule has 4 nitrogen and oxygen atoms in total. The molecule has 2 aromatic heterocycles. The molecule has 3 rings (SSSR count). The fraction of sp³-hybridized carbons (Fsp3) is 0.429. The highest BCUT2D eigenvalue weighted by molar-refractivity contribution is 5.95. The van der Waals surface area contributed by atoms with Crippen LogP contribution in [-0.4, -0.2) is 28.9 Å². The minimum atomic E-state index is -0.0140. The van der Waals surface area contributed by atoms with Crippen LogP contribution < -0.4 is 0 Å². The third-order valence-electron chi connectivity index (χ3n) is 3.57. The molecule has 1 aliphatic heterocycles. The second-order valence-electron chi connectivity index (χ2n) is 4.97. The first-order valence-electron chi connectivity index (χ1n) is 6.38. The normalized spacial score (nSPS) is 17.3. The predicted molar refractivity (Wildman–Crippen MR) is 68.3 cm³/mol. The lowest BCUT2D eigenvalue weighted by atomic mass is 9.99. The molecular weight excluding hydrogens is 228 g/mol. The first-order chi connectivity index (χ1) is 8.74. The van der Waals surface area contributed by atoms with Gasteiger partial charge in [-0.05, 0) is 30.9 Å². The zero-order chi connectivity index (χ0) is 12.5. The topological polar surface area (TPSA) is 46.3 Å². The molecule has 94 valence electrons. The van der Waals surface area contributed by atoms with E-state index in [1.807, 2.05) is 17.0 Å². The van der Waals surface area contributed by atoms with Gasteiger partial charge in [0, 0.05) is 25.4 Å². The molecule has 1 saturated heterocycles. The summed E-state index contributed by atoms with van der Waals surface area (Å²) in [6, 6.07) is 5.37. The number of carbonyl (C=O) groups is 1. The molecule has 1 amide bonds. The van der Waals surface area contributed by atoms with Gasteiger partial charge in [-0.3, -0.25) is 9.78 Å². The van der Waals surface area contributed by atoms with E-state index < -0.39 is 0 Å². The number of hydrogen-bond acceptors (Lipinski definition) is 3. The first-order valence-corrected chi connectivity index (χ1v) is 6.38. The fourth-order valence-electron chi connectivity index (χ4n) is 2.34. The third-order valence-corrected chi connectivity index (χ3v) is 3.57. The van der Waals surface area contributed by atoms with Gasteiger partial charge in [0.1, 0.15) is 5.52 Å². The predicted octanol–water partition coefficient (Wildman–Crippen LogP) is 2.70. The van der Waals surface area contributed by atoms with Crippen LogP contribution in [0, 0.1) is 5.92 Å². The number of likely N-dealkylation sites (tertiary alicyclic amines) is 1. The van der Waals surface area contributed by atoms with E-state index in [9.17, 15) is 4.79 Å². The van der Waals surface area contributed by atoms with E-state index in [0.717, 1.165) is 31.4 Å². The second kappa shape index (κ2) is 4.44. The molecule has 0 saturated carbocycles. The van der Waals surface area contributed by atoms with Crippen LogP contribution in [0.3, 0.4) is 0 Å². The second-order valence-corrected chi connectivity index (χ2v) is 4.97. The number of pyridine rings is 1. The number of fused-ring (bicyclic) bond motifs is 1. The standard InChI is InChI=1S/C14H16N2O2/c1-10-4-7-16(8-5-10)14(17)13-9-11-12(18-13)3-2-6-15-11/h2-3,6,9-10H,4-5,7-8H2,1H3. The summed E-state index contributed by atoms with van der Waals surface area (Å²) >= 11 is 0. The van der Waals surface area contributed by atoms with Gasteiger partial charge < -0.3 is 9.32 Å². The smallest absolute Gasteiger partial charge is 0.289 e. The highest BCUT2D eigenvalue weighted by Gasteiger charge is 2.24. The summed E-state index contributed by atoms with van der Waals surface area (Å²) in [6.07, 6.45) is 3.85. The maximum Gasteiger partial charge on any atom is 0.289 e. The average Bonchev–Trinajstić information content (AvgIpc) is 2.82. The maximum atomic E-state index is 12.3. The number of hydrogen-bond donors (Lipinski definition) is 0. The van der Waals surface area contributed by atoms with Crippen molar-refractivity contribution in [3.05, 3.63) is 30.2 Å². The van der Waals surface area contributed by atoms with Crippen LogP contribution in [0.1, 0.15) is 30.3 Å². The molecule has 1 aliphatic rings. The van der Waals surface area contributed by atoms with Gasteiger partial charge in [-0.1, -0.05) is 6.92 Å². The molecule has 3 heterocycles. The molecule has 0 N–H and O–H groups in total. The lowest BCUT2D eigenvalue weighted by Gasteiger charge is -2.29. The van der Waals surface area contributed by atoms with Crippen LogP contribution in [0.15, 0.2) is 28.8 Å². The molecule has 0 aromatic carbocycles. The molecule has 0 unspecified atom stereocenters. The van der Waals surface area contributed by atoms with Gasteiger partial charge in [0.25, 0.3) is 5.91 Å². The fourth-order valence-corrected chi connectivity index (χ4v) is 2.34. The van der Waals surface area contributed by atoms with Gasteiger partial charge in [-0.15, -0.1) is 0 Å². The summed E-state index contributed by atoms with van der Waals surface area (Å²) in [5.41, 5.74) is 1.41. The summed E-state index contributed by atoms with van der Waals surface area (Å²) < 4.78 is 5.56. The summed E-state index contributed by atoms with van der Waals surface area (Å²) in [6.45, 7) is 3.88. The van der Waals surface area contributed by atoms with Crippen molar-refractivity contribution in [1.82, 2.24) is 9.88 Å². The summed E-state index contributed by atoms with van der Waals surface area (Å²) in [5, 5.41) is 0. The van der Waals surface area contributed by atoms with Crippen molar-refractivity contribution < 1.29 is 9.21 Å². The zero-order valence-corrected chi connectivity index (χ0v) is 10.4. The first kappa shape index (κ1) is 11.3. The molecule has 18 heavy (non-hydrogen) atoms. The molecule has 0 aliphatic carbocycles. The number of piperidine rings is 1. The van der Waals surface area contributed by atoms with E-state index in [4.69, 9.17) is 4.42 Å². The molecule has 2 aromatic rings. The van der Waals surface area contributed by atoms with Crippen molar-refractivity contribution in [3.63, 3.8) is 0 Å². The summed E-state index contributed by atoms with van der Waals surface area (Å²) in [5.74, 6) is 1.10. The van der Waals surface area contributed by atoms with Crippen LogP contribution in [0.4, 0.5) is 0 Å². The molecule has 0 radical (unpaired) electrons. The number of nitrogens with zero attached hydrogens (tertiary/aromatic N) is 2. The summed E-state index contributed by atoms with van der Waals surface area (Å²) in [7, 11) is 0. The highest BCUT2D eigenvalue weighted by Crippen LogP contribution is 2.21. The Kier molecular flexibility index (Phi) is 2.78. The van der Waals surface area contributed by atoms with E-state index >= 15 is 0 Å². The SMILES string of the molecule is CC1CCN(C(=O)c2cc3ncccc3o2)CC1. The van der Waals surface area contributed by atoms with Gasteiger partial charge in [-0.2, -0.15) is 0 Å². The number of amides is 1. The molecule has 0 spiro atoms. The maximum absolute atomic E-state index is 12.3. The van der Waals surface area contributed by atoms with E-state index in [1.54, 1.807) is 12.3 Å². The Morgan fingerprint density at radius 1 is 1.44 bits per heavy atom.